The van der Waals surface area contributed by atoms with Gasteiger partial charge in [0, 0.05) is 35.6 Å². The second-order valence-electron chi connectivity index (χ2n) is 6.87. The van der Waals surface area contributed by atoms with Crippen LogP contribution in [0.25, 0.3) is 0 Å². The van der Waals surface area contributed by atoms with Crippen LogP contribution < -0.4 is 10.0 Å². The standard InChI is InChI=1S/C18H25Cl2N3OS/c19-14-4-6-17(16(20)10-14)25-22-11-13-3-5-15(9-13)21-12-18(24)23-7-1-2-8-23/h4,6,10,13,15,21-22H,1-3,5,7-9,11-12H2. The van der Waals surface area contributed by atoms with E-state index in [2.05, 4.69) is 10.0 Å². The lowest BCUT2D eigenvalue weighted by Crippen LogP contribution is -2.39. The zero-order chi connectivity index (χ0) is 17.6. The van der Waals surface area contributed by atoms with Gasteiger partial charge in [-0.1, -0.05) is 23.2 Å². The summed E-state index contributed by atoms with van der Waals surface area (Å²) in [4.78, 5) is 15.1. The minimum Gasteiger partial charge on any atom is -0.342 e. The van der Waals surface area contributed by atoms with E-state index in [-0.39, 0.29) is 5.91 Å². The summed E-state index contributed by atoms with van der Waals surface area (Å²) >= 11 is 13.7. The second kappa shape index (κ2) is 9.47. The van der Waals surface area contributed by atoms with Crippen LogP contribution in [-0.4, -0.2) is 43.0 Å². The molecule has 1 saturated heterocycles. The number of benzene rings is 1. The van der Waals surface area contributed by atoms with Crippen LogP contribution in [0.15, 0.2) is 23.1 Å². The number of carbonyl (C=O) groups is 1. The molecule has 138 valence electrons. The Kier molecular flexibility index (Phi) is 7.31. The maximum absolute atomic E-state index is 12.1. The Labute approximate surface area is 164 Å². The highest BCUT2D eigenvalue weighted by molar-refractivity contribution is 7.97. The molecular formula is C18H25Cl2N3OS. The molecule has 1 aliphatic heterocycles. The lowest BCUT2D eigenvalue weighted by molar-refractivity contribution is -0.129. The number of likely N-dealkylation sites (tertiary alicyclic amines) is 1. The van der Waals surface area contributed by atoms with Crippen LogP contribution >= 0.6 is 35.1 Å². The van der Waals surface area contributed by atoms with Gasteiger partial charge in [-0.25, -0.2) is 0 Å². The van der Waals surface area contributed by atoms with Crippen LogP contribution in [-0.2, 0) is 4.79 Å². The van der Waals surface area contributed by atoms with E-state index in [4.69, 9.17) is 23.2 Å². The SMILES string of the molecule is O=C(CNC1CCC(CNSc2ccc(Cl)cc2Cl)C1)N1CCCC1. The van der Waals surface area contributed by atoms with Gasteiger partial charge in [0.1, 0.15) is 0 Å². The van der Waals surface area contributed by atoms with Crippen molar-refractivity contribution in [2.75, 3.05) is 26.2 Å². The first kappa shape index (κ1) is 19.3. The average Bonchev–Trinajstić information content (AvgIpc) is 3.26. The molecule has 1 saturated carbocycles. The molecule has 1 amide bonds. The molecule has 2 atom stereocenters. The average molecular weight is 402 g/mol. The lowest BCUT2D eigenvalue weighted by Gasteiger charge is -2.18. The molecule has 0 radical (unpaired) electrons. The van der Waals surface area contributed by atoms with E-state index < -0.39 is 0 Å². The zero-order valence-electron chi connectivity index (χ0n) is 14.3. The molecule has 25 heavy (non-hydrogen) atoms. The highest BCUT2D eigenvalue weighted by atomic mass is 35.5. The Balaban J connectivity index is 1.33. The molecule has 1 heterocycles. The number of nitrogens with one attached hydrogen (secondary N) is 2. The van der Waals surface area contributed by atoms with Gasteiger partial charge < -0.3 is 10.2 Å². The maximum atomic E-state index is 12.1. The van der Waals surface area contributed by atoms with Gasteiger partial charge in [-0.3, -0.25) is 9.52 Å². The molecule has 0 aromatic heterocycles. The third-order valence-corrected chi connectivity index (χ3v) is 6.54. The highest BCUT2D eigenvalue weighted by Gasteiger charge is 2.25. The fourth-order valence-corrected chi connectivity index (χ4v) is 4.84. The number of hydrogen-bond donors (Lipinski definition) is 2. The monoisotopic (exact) mass is 401 g/mol. The number of carbonyl (C=O) groups excluding carboxylic acids is 1. The largest absolute Gasteiger partial charge is 0.342 e. The van der Waals surface area contributed by atoms with Crippen LogP contribution in [0.1, 0.15) is 32.1 Å². The summed E-state index contributed by atoms with van der Waals surface area (Å²) in [6, 6.07) is 6.01. The van der Waals surface area contributed by atoms with Crippen LogP contribution in [0.2, 0.25) is 10.0 Å². The van der Waals surface area contributed by atoms with Crippen molar-refractivity contribution >= 4 is 41.1 Å². The lowest BCUT2D eigenvalue weighted by atomic mass is 10.1. The third-order valence-electron chi connectivity index (χ3n) is 4.99. The Morgan fingerprint density at radius 1 is 1.24 bits per heavy atom. The van der Waals surface area contributed by atoms with Crippen molar-refractivity contribution in [1.29, 1.82) is 0 Å². The summed E-state index contributed by atoms with van der Waals surface area (Å²) in [5, 5.41) is 4.78. The Bertz CT molecular complexity index is 596. The van der Waals surface area contributed by atoms with Gasteiger partial charge in [0.2, 0.25) is 5.91 Å². The first-order valence-electron chi connectivity index (χ1n) is 8.98. The normalized spacial score (nSPS) is 23.4. The number of nitrogens with zero attached hydrogens (tertiary/aromatic N) is 1. The van der Waals surface area contributed by atoms with E-state index in [1.54, 1.807) is 18.0 Å². The maximum Gasteiger partial charge on any atom is 0.236 e. The number of halogens is 2. The minimum absolute atomic E-state index is 0.256. The topological polar surface area (TPSA) is 44.4 Å². The van der Waals surface area contributed by atoms with Gasteiger partial charge in [0.15, 0.2) is 0 Å². The molecule has 0 spiro atoms. The fourth-order valence-electron chi connectivity index (χ4n) is 3.55. The first-order valence-corrected chi connectivity index (χ1v) is 10.5. The molecule has 2 fully saturated rings. The fraction of sp³-hybridized carbons (Fsp3) is 0.611. The molecule has 1 aromatic carbocycles. The van der Waals surface area contributed by atoms with E-state index in [0.717, 1.165) is 50.2 Å². The summed E-state index contributed by atoms with van der Waals surface area (Å²) < 4.78 is 3.42. The molecule has 2 aliphatic rings. The van der Waals surface area contributed by atoms with E-state index in [1.165, 1.54) is 6.42 Å². The summed E-state index contributed by atoms with van der Waals surface area (Å²) in [7, 11) is 0. The van der Waals surface area contributed by atoms with Crippen molar-refractivity contribution in [1.82, 2.24) is 14.9 Å². The Hall–Kier alpha value is -0.460. The summed E-state index contributed by atoms with van der Waals surface area (Å²) in [5.41, 5.74) is 0. The molecule has 7 heteroatoms. The number of hydrogen-bond acceptors (Lipinski definition) is 4. The van der Waals surface area contributed by atoms with Gasteiger partial charge in [0.25, 0.3) is 0 Å². The predicted molar refractivity (Wildman–Crippen MR) is 105 cm³/mol. The number of rotatable bonds is 7. The molecule has 2 N–H and O–H groups in total. The quantitative estimate of drug-likeness (QED) is 0.678. The van der Waals surface area contributed by atoms with Gasteiger partial charge in [-0.15, -0.1) is 0 Å². The van der Waals surface area contributed by atoms with Crippen molar-refractivity contribution < 1.29 is 4.79 Å². The summed E-state index contributed by atoms with van der Waals surface area (Å²) in [6.45, 7) is 3.30. The van der Waals surface area contributed by atoms with Crippen molar-refractivity contribution in [3.05, 3.63) is 28.2 Å². The van der Waals surface area contributed by atoms with Crippen LogP contribution in [0.5, 0.6) is 0 Å². The van der Waals surface area contributed by atoms with E-state index >= 15 is 0 Å². The van der Waals surface area contributed by atoms with Crippen LogP contribution in [0.3, 0.4) is 0 Å². The smallest absolute Gasteiger partial charge is 0.236 e. The van der Waals surface area contributed by atoms with E-state index in [0.29, 0.717) is 28.5 Å². The minimum atomic E-state index is 0.256. The summed E-state index contributed by atoms with van der Waals surface area (Å²) in [5.74, 6) is 0.893. The first-order chi connectivity index (χ1) is 12.1. The van der Waals surface area contributed by atoms with Gasteiger partial charge in [0.05, 0.1) is 11.6 Å². The molecule has 1 aliphatic carbocycles. The van der Waals surface area contributed by atoms with E-state index in [1.807, 2.05) is 17.0 Å². The molecular weight excluding hydrogens is 377 g/mol. The molecule has 1 aromatic rings. The Morgan fingerprint density at radius 2 is 2.04 bits per heavy atom. The zero-order valence-corrected chi connectivity index (χ0v) is 16.6. The molecule has 2 unspecified atom stereocenters. The van der Waals surface area contributed by atoms with Crippen molar-refractivity contribution in [2.45, 2.75) is 43.0 Å². The summed E-state index contributed by atoms with van der Waals surface area (Å²) in [6.07, 6.45) is 5.76. The molecule has 3 rings (SSSR count). The van der Waals surface area contributed by atoms with Gasteiger partial charge >= 0.3 is 0 Å². The molecule has 4 nitrogen and oxygen atoms in total. The van der Waals surface area contributed by atoms with Crippen LogP contribution in [0, 0.1) is 5.92 Å². The predicted octanol–water partition coefficient (Wildman–Crippen LogP) is 3.97. The highest BCUT2D eigenvalue weighted by Crippen LogP contribution is 2.29. The van der Waals surface area contributed by atoms with Crippen molar-refractivity contribution in [3.63, 3.8) is 0 Å². The second-order valence-corrected chi connectivity index (χ2v) is 8.65. The Morgan fingerprint density at radius 3 is 2.80 bits per heavy atom. The van der Waals surface area contributed by atoms with Crippen molar-refractivity contribution in [2.24, 2.45) is 5.92 Å². The van der Waals surface area contributed by atoms with Crippen LogP contribution in [0.4, 0.5) is 0 Å². The van der Waals surface area contributed by atoms with Crippen molar-refractivity contribution in [3.8, 4) is 0 Å². The third kappa shape index (κ3) is 5.76. The van der Waals surface area contributed by atoms with E-state index in [9.17, 15) is 4.79 Å². The number of amides is 1. The van der Waals surface area contributed by atoms with Gasteiger partial charge in [-0.2, -0.15) is 0 Å². The molecule has 0 bridgehead atoms. The van der Waals surface area contributed by atoms with Gasteiger partial charge in [-0.05, 0) is 68.2 Å².